The van der Waals surface area contributed by atoms with E-state index in [0.29, 0.717) is 6.04 Å². The number of fused-ring (bicyclic) bond motifs is 1. The van der Waals surface area contributed by atoms with Crippen LogP contribution in [0.3, 0.4) is 0 Å². The van der Waals surface area contributed by atoms with Gasteiger partial charge in [-0.15, -0.1) is 11.8 Å². The standard InChI is InChI=1S/C17H25NO2S.C12H19NO.2C2H6/c1-5-8-18(4)14-9-12-6-7-15(11-13(12)10-14)21-17(2,3)16(19)20;1-12(2,3)10-5-4-6-11(8-7-10)13-9-14;2*1-2/h6-7,11,14H,5,8-10H2,1-4H3,(H,19,20);7-9H,4-6H2,1-3H3,(H,13,14);2*1-2H3. The highest BCUT2D eigenvalue weighted by atomic mass is 32.2. The summed E-state index contributed by atoms with van der Waals surface area (Å²) in [6.07, 6.45) is 11.5. The number of aliphatic carboxylic acids is 1. The molecule has 0 spiro atoms. The van der Waals surface area contributed by atoms with Gasteiger partial charge in [0.1, 0.15) is 4.75 Å². The average molecular weight is 561 g/mol. The Morgan fingerprint density at radius 1 is 1.05 bits per heavy atom. The largest absolute Gasteiger partial charge is 0.480 e. The highest BCUT2D eigenvalue weighted by Crippen LogP contribution is 2.36. The van der Waals surface area contributed by atoms with Gasteiger partial charge in [-0.05, 0) is 101 Å². The van der Waals surface area contributed by atoms with Crippen LogP contribution in [0.5, 0.6) is 0 Å². The fourth-order valence-corrected chi connectivity index (χ4v) is 5.49. The molecular weight excluding hydrogens is 504 g/mol. The molecule has 222 valence electrons. The lowest BCUT2D eigenvalue weighted by atomic mass is 9.84. The molecule has 1 amide bonds. The Bertz CT molecular complexity index is 945. The Balaban J connectivity index is 0.000000698. The number of carboxylic acid groups (broad SMARTS) is 1. The number of carboxylic acids is 1. The maximum atomic E-state index is 11.2. The quantitative estimate of drug-likeness (QED) is 0.247. The zero-order valence-corrected chi connectivity index (χ0v) is 27.4. The first-order valence-corrected chi connectivity index (χ1v) is 15.5. The summed E-state index contributed by atoms with van der Waals surface area (Å²) >= 11 is 1.43. The highest BCUT2D eigenvalue weighted by Gasteiger charge is 2.30. The van der Waals surface area contributed by atoms with Gasteiger partial charge in [0.2, 0.25) is 6.41 Å². The molecule has 5 nitrogen and oxygen atoms in total. The molecule has 1 aromatic rings. The van der Waals surface area contributed by atoms with E-state index in [1.165, 1.54) is 34.9 Å². The summed E-state index contributed by atoms with van der Waals surface area (Å²) in [4.78, 5) is 25.0. The number of allylic oxidation sites excluding steroid dienone is 4. The van der Waals surface area contributed by atoms with Crippen LogP contribution in [0.15, 0.2) is 46.5 Å². The second kappa shape index (κ2) is 18.3. The Morgan fingerprint density at radius 3 is 2.21 bits per heavy atom. The van der Waals surface area contributed by atoms with Crippen LogP contribution in [0.4, 0.5) is 0 Å². The fourth-order valence-electron chi connectivity index (χ4n) is 4.48. The van der Waals surface area contributed by atoms with Crippen LogP contribution in [-0.4, -0.2) is 46.8 Å². The van der Waals surface area contributed by atoms with E-state index in [1.54, 1.807) is 13.8 Å². The van der Waals surface area contributed by atoms with Crippen molar-refractivity contribution >= 4 is 24.1 Å². The molecule has 0 aromatic heterocycles. The number of hydrogen-bond donors (Lipinski definition) is 2. The van der Waals surface area contributed by atoms with E-state index in [4.69, 9.17) is 0 Å². The number of amides is 1. The molecular formula is C33H56N2O3S. The number of carbonyl (C=O) groups is 2. The molecule has 3 rings (SSSR count). The Hall–Kier alpha value is -2.05. The monoisotopic (exact) mass is 560 g/mol. The number of benzene rings is 1. The highest BCUT2D eigenvalue weighted by molar-refractivity contribution is 8.01. The van der Waals surface area contributed by atoms with E-state index in [-0.39, 0.29) is 5.41 Å². The molecule has 2 N–H and O–H groups in total. The fraction of sp³-hybridized carbons (Fsp3) is 0.636. The zero-order chi connectivity index (χ0) is 30.2. The molecule has 2 aliphatic carbocycles. The van der Waals surface area contributed by atoms with Gasteiger partial charge in [-0.2, -0.15) is 0 Å². The van der Waals surface area contributed by atoms with Crippen molar-refractivity contribution < 1.29 is 14.7 Å². The van der Waals surface area contributed by atoms with Crippen LogP contribution in [0.25, 0.3) is 0 Å². The smallest absolute Gasteiger partial charge is 0.319 e. The third kappa shape index (κ3) is 12.8. The second-order valence-corrected chi connectivity index (χ2v) is 12.8. The van der Waals surface area contributed by atoms with Crippen LogP contribution >= 0.6 is 11.8 Å². The first-order valence-electron chi connectivity index (χ1n) is 14.7. The summed E-state index contributed by atoms with van der Waals surface area (Å²) in [6.45, 7) is 21.5. The van der Waals surface area contributed by atoms with E-state index >= 15 is 0 Å². The van der Waals surface area contributed by atoms with Crippen molar-refractivity contribution in [3.8, 4) is 0 Å². The molecule has 0 saturated heterocycles. The van der Waals surface area contributed by atoms with Crippen molar-refractivity contribution in [1.82, 2.24) is 10.2 Å². The molecule has 0 saturated carbocycles. The summed E-state index contributed by atoms with van der Waals surface area (Å²) in [5, 5.41) is 12.0. The third-order valence-electron chi connectivity index (χ3n) is 6.76. The molecule has 0 heterocycles. The van der Waals surface area contributed by atoms with Crippen molar-refractivity contribution in [2.45, 2.75) is 123 Å². The molecule has 1 unspecified atom stereocenters. The summed E-state index contributed by atoms with van der Waals surface area (Å²) < 4.78 is -0.786. The van der Waals surface area contributed by atoms with Gasteiger partial charge in [0.05, 0.1) is 0 Å². The summed E-state index contributed by atoms with van der Waals surface area (Å²) in [7, 11) is 2.20. The van der Waals surface area contributed by atoms with Crippen molar-refractivity contribution in [3.05, 3.63) is 52.7 Å². The van der Waals surface area contributed by atoms with E-state index in [2.05, 4.69) is 69.2 Å². The maximum Gasteiger partial charge on any atom is 0.319 e. The number of likely N-dealkylation sites (N-methyl/N-ethyl adjacent to an activating group) is 1. The molecule has 0 radical (unpaired) electrons. The molecule has 0 bridgehead atoms. The minimum Gasteiger partial charge on any atom is -0.480 e. The van der Waals surface area contributed by atoms with Crippen molar-refractivity contribution in [1.29, 1.82) is 0 Å². The zero-order valence-electron chi connectivity index (χ0n) is 26.6. The molecule has 39 heavy (non-hydrogen) atoms. The maximum absolute atomic E-state index is 11.2. The lowest BCUT2D eigenvalue weighted by Gasteiger charge is -2.23. The molecule has 1 aromatic carbocycles. The Morgan fingerprint density at radius 2 is 1.67 bits per heavy atom. The van der Waals surface area contributed by atoms with Gasteiger partial charge in [0, 0.05) is 16.6 Å². The van der Waals surface area contributed by atoms with Crippen LogP contribution < -0.4 is 5.32 Å². The van der Waals surface area contributed by atoms with Gasteiger partial charge < -0.3 is 15.3 Å². The minimum absolute atomic E-state index is 0.243. The van der Waals surface area contributed by atoms with Gasteiger partial charge in [-0.3, -0.25) is 9.59 Å². The van der Waals surface area contributed by atoms with Crippen LogP contribution in [0.1, 0.15) is 106 Å². The minimum atomic E-state index is -0.786. The third-order valence-corrected chi connectivity index (χ3v) is 7.94. The summed E-state index contributed by atoms with van der Waals surface area (Å²) in [5.74, 6) is -0.770. The van der Waals surface area contributed by atoms with Gasteiger partial charge in [0.15, 0.2) is 0 Å². The van der Waals surface area contributed by atoms with Gasteiger partial charge in [-0.25, -0.2) is 0 Å². The first kappa shape index (κ1) is 37.0. The molecule has 2 aliphatic rings. The van der Waals surface area contributed by atoms with Crippen molar-refractivity contribution in [3.63, 3.8) is 0 Å². The Labute approximate surface area is 243 Å². The normalized spacial score (nSPS) is 16.5. The molecule has 1 atom stereocenters. The lowest BCUT2D eigenvalue weighted by Crippen LogP contribution is -2.32. The van der Waals surface area contributed by atoms with E-state index in [9.17, 15) is 14.7 Å². The van der Waals surface area contributed by atoms with Crippen LogP contribution in [0.2, 0.25) is 0 Å². The lowest BCUT2D eigenvalue weighted by molar-refractivity contribution is -0.138. The van der Waals surface area contributed by atoms with Gasteiger partial charge >= 0.3 is 5.97 Å². The van der Waals surface area contributed by atoms with Crippen LogP contribution in [0, 0.1) is 5.41 Å². The van der Waals surface area contributed by atoms with Crippen molar-refractivity contribution in [2.75, 3.05) is 13.6 Å². The summed E-state index contributed by atoms with van der Waals surface area (Å²) in [5.41, 5.74) is 5.53. The van der Waals surface area contributed by atoms with Crippen molar-refractivity contribution in [2.24, 2.45) is 5.41 Å². The number of hydrogen-bond acceptors (Lipinski definition) is 4. The SMILES string of the molecule is CC.CC.CC(C)(C)C1=CC=C(NC=O)CCC1.CCCN(C)C1Cc2ccc(SC(C)(C)C(=O)O)cc2C1. The number of nitrogens with one attached hydrogen (secondary N) is 1. The van der Waals surface area contributed by atoms with E-state index < -0.39 is 10.7 Å². The van der Waals surface area contributed by atoms with E-state index in [1.807, 2.05) is 33.8 Å². The van der Waals surface area contributed by atoms with Gasteiger partial charge in [-0.1, -0.05) is 73.1 Å². The molecule has 0 fully saturated rings. The predicted octanol–water partition coefficient (Wildman–Crippen LogP) is 8.28. The Kier molecular flexibility index (Phi) is 17.4. The van der Waals surface area contributed by atoms with Gasteiger partial charge in [0.25, 0.3) is 0 Å². The summed E-state index contributed by atoms with van der Waals surface area (Å²) in [6, 6.07) is 7.02. The second-order valence-electron chi connectivity index (χ2n) is 11.1. The van der Waals surface area contributed by atoms with Crippen LogP contribution in [-0.2, 0) is 22.4 Å². The topological polar surface area (TPSA) is 69.6 Å². The number of rotatable bonds is 8. The predicted molar refractivity (Wildman–Crippen MR) is 169 cm³/mol. The number of nitrogens with zero attached hydrogens (tertiary/aromatic N) is 1. The first-order chi connectivity index (χ1) is 18.4. The molecule has 0 aliphatic heterocycles. The van der Waals surface area contributed by atoms with E-state index in [0.717, 1.165) is 55.7 Å². The average Bonchev–Trinajstić information content (AvgIpc) is 3.16. The number of carbonyl (C=O) groups excluding carboxylic acids is 1. The number of thioether (sulfide) groups is 1. The molecule has 6 heteroatoms.